The number of benzene rings is 1. The Kier molecular flexibility index (Phi) is 4.94. The molecule has 2 heterocycles. The largest absolute Gasteiger partial charge is 0.465 e. The molecule has 1 aromatic carbocycles. The van der Waals surface area contributed by atoms with Crippen LogP contribution in [0.4, 0.5) is 0 Å². The summed E-state index contributed by atoms with van der Waals surface area (Å²) in [6.45, 7) is 0.351. The number of nitrogens with zero attached hydrogens (tertiary/aromatic N) is 5. The molecule has 0 fully saturated rings. The molecule has 26 heavy (non-hydrogen) atoms. The van der Waals surface area contributed by atoms with Crippen LogP contribution in [0.25, 0.3) is 11.5 Å². The predicted molar refractivity (Wildman–Crippen MR) is 87.2 cm³/mol. The second kappa shape index (κ2) is 7.49. The topological polar surface area (TPSA) is 132 Å². The van der Waals surface area contributed by atoms with Crippen LogP contribution < -0.4 is 5.48 Å². The van der Waals surface area contributed by atoms with Crippen LogP contribution in [0, 0.1) is 0 Å². The molecule has 10 heteroatoms. The lowest BCUT2D eigenvalue weighted by Crippen LogP contribution is -2.18. The van der Waals surface area contributed by atoms with Gasteiger partial charge in [-0.15, -0.1) is 5.10 Å². The summed E-state index contributed by atoms with van der Waals surface area (Å²) >= 11 is 0. The zero-order chi connectivity index (χ0) is 18.5. The van der Waals surface area contributed by atoms with Gasteiger partial charge in [-0.1, -0.05) is 12.1 Å². The molecule has 2 N–H and O–H groups in total. The number of hydrogen-bond donors (Lipinski definition) is 2. The van der Waals surface area contributed by atoms with E-state index >= 15 is 0 Å². The number of aromatic nitrogens is 5. The molecule has 132 valence electrons. The minimum Gasteiger partial charge on any atom is -0.465 e. The SMILES string of the molecule is COC(=O)c1ccc(-c2nnnn2Cc2ccc(C(=O)NO)cc2)nc1. The van der Waals surface area contributed by atoms with Crippen molar-refractivity contribution in [2.24, 2.45) is 0 Å². The maximum absolute atomic E-state index is 11.5. The van der Waals surface area contributed by atoms with E-state index in [2.05, 4.69) is 25.2 Å². The van der Waals surface area contributed by atoms with E-state index in [4.69, 9.17) is 5.21 Å². The highest BCUT2D eigenvalue weighted by Crippen LogP contribution is 2.15. The molecular formula is C16H14N6O4. The Labute approximate surface area is 147 Å². The lowest BCUT2D eigenvalue weighted by atomic mass is 10.1. The molecule has 0 aliphatic rings. The molecule has 10 nitrogen and oxygen atoms in total. The van der Waals surface area contributed by atoms with Crippen LogP contribution >= 0.6 is 0 Å². The summed E-state index contributed by atoms with van der Waals surface area (Å²) in [6, 6.07) is 9.81. The molecule has 3 rings (SSSR count). The predicted octanol–water partition coefficient (Wildman–Crippen LogP) is 0.689. The third kappa shape index (κ3) is 3.54. The summed E-state index contributed by atoms with van der Waals surface area (Å²) in [6.07, 6.45) is 1.39. The van der Waals surface area contributed by atoms with E-state index in [0.29, 0.717) is 29.2 Å². The van der Waals surface area contributed by atoms with Crippen LogP contribution in [-0.2, 0) is 11.3 Å². The number of amides is 1. The minimum atomic E-state index is -0.588. The summed E-state index contributed by atoms with van der Waals surface area (Å²) < 4.78 is 6.18. The van der Waals surface area contributed by atoms with Crippen LogP contribution in [0.3, 0.4) is 0 Å². The molecule has 0 aliphatic heterocycles. The molecule has 2 aromatic heterocycles. The number of hydrogen-bond acceptors (Lipinski definition) is 8. The number of hydroxylamine groups is 1. The monoisotopic (exact) mass is 354 g/mol. The standard InChI is InChI=1S/C16H14N6O4/c1-26-16(24)12-6-7-13(17-8-12)14-18-20-21-22(14)9-10-2-4-11(5-3-10)15(23)19-25/h2-8,25H,9H2,1H3,(H,19,23). The quantitative estimate of drug-likeness (QED) is 0.388. The molecule has 1 amide bonds. The van der Waals surface area contributed by atoms with E-state index in [9.17, 15) is 9.59 Å². The Morgan fingerprint density at radius 1 is 1.15 bits per heavy atom. The van der Waals surface area contributed by atoms with Gasteiger partial charge in [0, 0.05) is 11.8 Å². The van der Waals surface area contributed by atoms with Crippen molar-refractivity contribution in [3.63, 3.8) is 0 Å². The number of esters is 1. The zero-order valence-electron chi connectivity index (χ0n) is 13.7. The highest BCUT2D eigenvalue weighted by molar-refractivity contribution is 5.93. The van der Waals surface area contributed by atoms with E-state index in [1.807, 2.05) is 0 Å². The first-order valence-electron chi connectivity index (χ1n) is 7.46. The second-order valence-electron chi connectivity index (χ2n) is 5.22. The normalized spacial score (nSPS) is 10.4. The average molecular weight is 354 g/mol. The third-order valence-corrected chi connectivity index (χ3v) is 3.60. The first kappa shape index (κ1) is 17.2. The number of carbonyl (C=O) groups is 2. The molecule has 0 unspecified atom stereocenters. The number of carbonyl (C=O) groups excluding carboxylic acids is 2. The number of methoxy groups -OCH3 is 1. The molecule has 0 saturated carbocycles. The smallest absolute Gasteiger partial charge is 0.339 e. The minimum absolute atomic E-state index is 0.327. The van der Waals surface area contributed by atoms with Gasteiger partial charge in [0.05, 0.1) is 19.2 Å². The average Bonchev–Trinajstić information content (AvgIpc) is 3.15. The first-order valence-corrected chi connectivity index (χ1v) is 7.46. The number of rotatable bonds is 5. The molecular weight excluding hydrogens is 340 g/mol. The van der Waals surface area contributed by atoms with Gasteiger partial charge in [-0.25, -0.2) is 15.0 Å². The maximum Gasteiger partial charge on any atom is 0.339 e. The van der Waals surface area contributed by atoms with Crippen molar-refractivity contribution in [2.45, 2.75) is 6.54 Å². The van der Waals surface area contributed by atoms with Gasteiger partial charge in [0.25, 0.3) is 5.91 Å². The van der Waals surface area contributed by atoms with Gasteiger partial charge in [0.2, 0.25) is 5.82 Å². The van der Waals surface area contributed by atoms with Crippen LogP contribution in [0.1, 0.15) is 26.3 Å². The molecule has 0 spiro atoms. The van der Waals surface area contributed by atoms with Gasteiger partial charge in [-0.05, 0) is 40.3 Å². The van der Waals surface area contributed by atoms with Crippen LogP contribution in [0.15, 0.2) is 42.6 Å². The second-order valence-corrected chi connectivity index (χ2v) is 5.22. The number of ether oxygens (including phenoxy) is 1. The summed E-state index contributed by atoms with van der Waals surface area (Å²) in [5, 5.41) is 20.2. The van der Waals surface area contributed by atoms with E-state index in [-0.39, 0.29) is 0 Å². The zero-order valence-corrected chi connectivity index (χ0v) is 13.7. The van der Waals surface area contributed by atoms with Gasteiger partial charge in [0.15, 0.2) is 0 Å². The van der Waals surface area contributed by atoms with Crippen LogP contribution in [0.5, 0.6) is 0 Å². The van der Waals surface area contributed by atoms with Crippen molar-refractivity contribution in [3.8, 4) is 11.5 Å². The Bertz CT molecular complexity index is 921. The van der Waals surface area contributed by atoms with Crippen molar-refractivity contribution >= 4 is 11.9 Å². The Balaban J connectivity index is 1.80. The number of nitrogens with one attached hydrogen (secondary N) is 1. The fourth-order valence-electron chi connectivity index (χ4n) is 2.26. The lowest BCUT2D eigenvalue weighted by molar-refractivity contribution is 0.0600. The Morgan fingerprint density at radius 2 is 1.88 bits per heavy atom. The van der Waals surface area contributed by atoms with Gasteiger partial charge < -0.3 is 4.74 Å². The molecule has 0 radical (unpaired) electrons. The highest BCUT2D eigenvalue weighted by atomic mass is 16.5. The van der Waals surface area contributed by atoms with Crippen LogP contribution in [-0.4, -0.2) is 49.4 Å². The van der Waals surface area contributed by atoms with E-state index in [1.165, 1.54) is 13.3 Å². The molecule has 3 aromatic rings. The van der Waals surface area contributed by atoms with E-state index in [1.54, 1.807) is 46.6 Å². The maximum atomic E-state index is 11.5. The van der Waals surface area contributed by atoms with Gasteiger partial charge in [-0.3, -0.25) is 15.0 Å². The summed E-state index contributed by atoms with van der Waals surface area (Å²) in [5.74, 6) is -0.635. The first-order chi connectivity index (χ1) is 12.6. The van der Waals surface area contributed by atoms with Crippen molar-refractivity contribution in [2.75, 3.05) is 7.11 Å². The van der Waals surface area contributed by atoms with E-state index < -0.39 is 11.9 Å². The van der Waals surface area contributed by atoms with Crippen molar-refractivity contribution in [3.05, 3.63) is 59.3 Å². The molecule has 0 saturated heterocycles. The highest BCUT2D eigenvalue weighted by Gasteiger charge is 2.13. The molecule has 0 atom stereocenters. The van der Waals surface area contributed by atoms with Crippen molar-refractivity contribution in [1.29, 1.82) is 0 Å². The fourth-order valence-corrected chi connectivity index (χ4v) is 2.26. The fraction of sp³-hybridized carbons (Fsp3) is 0.125. The number of tetrazole rings is 1. The third-order valence-electron chi connectivity index (χ3n) is 3.60. The van der Waals surface area contributed by atoms with Crippen molar-refractivity contribution < 1.29 is 19.5 Å². The molecule has 0 bridgehead atoms. The van der Waals surface area contributed by atoms with E-state index in [0.717, 1.165) is 5.56 Å². The summed E-state index contributed by atoms with van der Waals surface area (Å²) in [5.41, 5.74) is 3.58. The Hall–Kier alpha value is -3.66. The Morgan fingerprint density at radius 3 is 2.50 bits per heavy atom. The van der Waals surface area contributed by atoms with Gasteiger partial charge in [-0.2, -0.15) is 0 Å². The van der Waals surface area contributed by atoms with Crippen molar-refractivity contribution in [1.82, 2.24) is 30.7 Å². The van der Waals surface area contributed by atoms with Crippen LogP contribution in [0.2, 0.25) is 0 Å². The summed E-state index contributed by atoms with van der Waals surface area (Å²) in [4.78, 5) is 27.0. The lowest BCUT2D eigenvalue weighted by Gasteiger charge is -2.06. The molecule has 0 aliphatic carbocycles. The number of pyridine rings is 1. The summed E-state index contributed by atoms with van der Waals surface area (Å²) in [7, 11) is 1.30. The van der Waals surface area contributed by atoms with Gasteiger partial charge >= 0.3 is 5.97 Å². The van der Waals surface area contributed by atoms with Gasteiger partial charge in [0.1, 0.15) is 5.69 Å².